The number of halogens is 1. The summed E-state index contributed by atoms with van der Waals surface area (Å²) in [4.78, 5) is 29.0. The van der Waals surface area contributed by atoms with Crippen LogP contribution in [0.25, 0.3) is 0 Å². The fourth-order valence-electron chi connectivity index (χ4n) is 6.65. The maximum atomic E-state index is 15.3. The Bertz CT molecular complexity index is 708. The van der Waals surface area contributed by atoms with Gasteiger partial charge in [0.2, 0.25) is 11.8 Å². The maximum absolute atomic E-state index is 15.3. The summed E-state index contributed by atoms with van der Waals surface area (Å²) in [7, 11) is 0. The predicted molar refractivity (Wildman–Crippen MR) is 115 cm³/mol. The molecule has 5 fully saturated rings. The molecule has 0 bridgehead atoms. The zero-order valence-corrected chi connectivity index (χ0v) is 18.7. The monoisotopic (exact) mass is 435 g/mol. The van der Waals surface area contributed by atoms with Crippen molar-refractivity contribution in [1.29, 1.82) is 0 Å². The second-order valence-electron chi connectivity index (χ2n) is 10.9. The van der Waals surface area contributed by atoms with Crippen molar-refractivity contribution in [2.24, 2.45) is 29.4 Å². The normalized spacial score (nSPS) is 42.2. The minimum atomic E-state index is -1.08. The molecular weight excluding hydrogens is 397 g/mol. The van der Waals surface area contributed by atoms with Crippen LogP contribution in [0, 0.1) is 23.7 Å². The number of carbonyl (C=O) groups excluding carboxylic acids is 2. The molecule has 174 valence electrons. The lowest BCUT2D eigenvalue weighted by Gasteiger charge is -2.41. The topological polar surface area (TPSA) is 90.7 Å². The lowest BCUT2D eigenvalue weighted by atomic mass is 9.68. The minimum Gasteiger partial charge on any atom is -0.339 e. The van der Waals surface area contributed by atoms with E-state index in [1.807, 2.05) is 0 Å². The van der Waals surface area contributed by atoms with E-state index in [1.165, 1.54) is 19.3 Å². The Morgan fingerprint density at radius 2 is 1.65 bits per heavy atom. The van der Waals surface area contributed by atoms with Crippen LogP contribution in [0.2, 0.25) is 0 Å². The molecule has 0 radical (unpaired) electrons. The molecule has 0 aromatic rings. The molecule has 0 aromatic heterocycles. The van der Waals surface area contributed by atoms with Crippen LogP contribution in [0.1, 0.15) is 58.3 Å². The molecule has 2 saturated heterocycles. The Kier molecular flexibility index (Phi) is 5.76. The van der Waals surface area contributed by atoms with E-state index in [2.05, 4.69) is 17.8 Å². The highest BCUT2D eigenvalue weighted by molar-refractivity contribution is 5.89. The van der Waals surface area contributed by atoms with Gasteiger partial charge in [-0.25, -0.2) is 4.39 Å². The lowest BCUT2D eigenvalue weighted by molar-refractivity contribution is -0.145. The Hall–Kier alpha value is -1.25. The molecule has 7 atom stereocenters. The molecule has 5 aliphatic rings. The molecule has 0 spiro atoms. The maximum Gasteiger partial charge on any atom is 0.242 e. The number of nitrogens with one attached hydrogen (secondary N) is 2. The van der Waals surface area contributed by atoms with Crippen LogP contribution in [0.3, 0.4) is 0 Å². The minimum absolute atomic E-state index is 0.0106. The van der Waals surface area contributed by atoms with Gasteiger partial charge in [-0.3, -0.25) is 20.4 Å². The van der Waals surface area contributed by atoms with E-state index in [4.69, 9.17) is 5.73 Å². The number of piperazine rings is 1. The first kappa shape index (κ1) is 21.6. The predicted octanol–water partition coefficient (Wildman–Crippen LogP) is 1.18. The summed E-state index contributed by atoms with van der Waals surface area (Å²) in [5.74, 6) is 0.954. The number of rotatable bonds is 3. The van der Waals surface area contributed by atoms with Gasteiger partial charge in [0.05, 0.1) is 11.5 Å². The number of nitrogens with two attached hydrogens (primary N) is 1. The van der Waals surface area contributed by atoms with Crippen LogP contribution in [0.5, 0.6) is 0 Å². The molecule has 5 rings (SSSR count). The summed E-state index contributed by atoms with van der Waals surface area (Å²) in [5, 5.41) is 0. The second kappa shape index (κ2) is 8.27. The third-order valence-corrected chi connectivity index (χ3v) is 8.88. The first-order valence-electron chi connectivity index (χ1n) is 12.4. The zero-order valence-electron chi connectivity index (χ0n) is 18.7. The molecule has 2 heterocycles. The Labute approximate surface area is 184 Å². The molecular formula is C23H38FN5O2. The molecule has 3 aliphatic carbocycles. The first-order valence-corrected chi connectivity index (χ1v) is 12.4. The number of nitrogens with zero attached hydrogens (tertiary/aromatic N) is 2. The highest BCUT2D eigenvalue weighted by Gasteiger charge is 2.50. The van der Waals surface area contributed by atoms with Crippen molar-refractivity contribution in [3.63, 3.8) is 0 Å². The van der Waals surface area contributed by atoms with Crippen LogP contribution in [-0.4, -0.2) is 71.6 Å². The smallest absolute Gasteiger partial charge is 0.242 e. The van der Waals surface area contributed by atoms with E-state index in [-0.39, 0.29) is 11.8 Å². The van der Waals surface area contributed by atoms with Gasteiger partial charge in [0.15, 0.2) is 0 Å². The van der Waals surface area contributed by atoms with E-state index in [9.17, 15) is 9.59 Å². The lowest BCUT2D eigenvalue weighted by Crippen LogP contribution is -2.56. The molecule has 2 amide bonds. The molecule has 31 heavy (non-hydrogen) atoms. The summed E-state index contributed by atoms with van der Waals surface area (Å²) in [6, 6.07) is 0.820. The van der Waals surface area contributed by atoms with Crippen molar-refractivity contribution in [3.8, 4) is 0 Å². The highest BCUT2D eigenvalue weighted by Crippen LogP contribution is 2.42. The van der Waals surface area contributed by atoms with Gasteiger partial charge >= 0.3 is 0 Å². The van der Waals surface area contributed by atoms with Gasteiger partial charge in [-0.1, -0.05) is 13.3 Å². The molecule has 0 aromatic carbocycles. The molecule has 8 heteroatoms. The third kappa shape index (κ3) is 4.00. The molecule has 2 aliphatic heterocycles. The number of amides is 2. The molecule has 7 nitrogen and oxygen atoms in total. The van der Waals surface area contributed by atoms with Crippen LogP contribution in [0.4, 0.5) is 4.39 Å². The van der Waals surface area contributed by atoms with Gasteiger partial charge in [-0.05, 0) is 62.7 Å². The summed E-state index contributed by atoms with van der Waals surface area (Å²) in [6.45, 7) is 4.31. The SMILES string of the molecule is CC1CCCC2C1NNC2C1CCC(C(=O)N2CCN(C(=O)C3(N)CC3)CC2)C(F)C1. The number of carbonyl (C=O) groups is 2. The van der Waals surface area contributed by atoms with Gasteiger partial charge in [-0.2, -0.15) is 0 Å². The second-order valence-corrected chi connectivity index (χ2v) is 10.9. The van der Waals surface area contributed by atoms with Crippen LogP contribution >= 0.6 is 0 Å². The van der Waals surface area contributed by atoms with Crippen LogP contribution < -0.4 is 16.6 Å². The molecule has 4 N–H and O–H groups in total. The van der Waals surface area contributed by atoms with Gasteiger partial charge in [0.1, 0.15) is 6.17 Å². The van der Waals surface area contributed by atoms with E-state index in [0.717, 1.165) is 19.3 Å². The van der Waals surface area contributed by atoms with E-state index >= 15 is 4.39 Å². The van der Waals surface area contributed by atoms with Crippen LogP contribution in [-0.2, 0) is 9.59 Å². The first-order chi connectivity index (χ1) is 14.9. The third-order valence-electron chi connectivity index (χ3n) is 8.88. The van der Waals surface area contributed by atoms with Crippen LogP contribution in [0.15, 0.2) is 0 Å². The van der Waals surface area contributed by atoms with Crippen molar-refractivity contribution in [2.75, 3.05) is 26.2 Å². The summed E-state index contributed by atoms with van der Waals surface area (Å²) < 4.78 is 15.3. The van der Waals surface area contributed by atoms with Gasteiger partial charge in [0.25, 0.3) is 0 Å². The average molecular weight is 436 g/mol. The number of fused-ring (bicyclic) bond motifs is 1. The van der Waals surface area contributed by atoms with Crippen molar-refractivity contribution in [2.45, 2.75) is 82.1 Å². The van der Waals surface area contributed by atoms with Gasteiger partial charge < -0.3 is 15.5 Å². The van der Waals surface area contributed by atoms with E-state index < -0.39 is 17.6 Å². The fraction of sp³-hybridized carbons (Fsp3) is 0.913. The fourth-order valence-corrected chi connectivity index (χ4v) is 6.65. The average Bonchev–Trinajstić information content (AvgIpc) is 3.37. The summed E-state index contributed by atoms with van der Waals surface area (Å²) in [6.07, 6.45) is 6.17. The Morgan fingerprint density at radius 3 is 2.32 bits per heavy atom. The quantitative estimate of drug-likeness (QED) is 0.619. The molecule has 7 unspecified atom stereocenters. The number of hydrazine groups is 1. The highest BCUT2D eigenvalue weighted by atomic mass is 19.1. The standard InChI is InChI=1S/C23H38FN5O2/c1-14-3-2-4-17-19(14)26-27-20(17)15-5-6-16(18(24)13-15)21(30)28-9-11-29(12-10-28)22(31)23(25)7-8-23/h14-20,26-27H,2-13,25H2,1H3. The number of alkyl halides is 1. The Balaban J connectivity index is 1.13. The molecule has 3 saturated carbocycles. The van der Waals surface area contributed by atoms with Crippen molar-refractivity contribution in [3.05, 3.63) is 0 Å². The Morgan fingerprint density at radius 1 is 0.968 bits per heavy atom. The summed E-state index contributed by atoms with van der Waals surface area (Å²) >= 11 is 0. The van der Waals surface area contributed by atoms with Gasteiger partial charge in [-0.15, -0.1) is 0 Å². The largest absolute Gasteiger partial charge is 0.339 e. The van der Waals surface area contributed by atoms with Crippen molar-refractivity contribution >= 4 is 11.8 Å². The van der Waals surface area contributed by atoms with Crippen molar-refractivity contribution in [1.82, 2.24) is 20.7 Å². The number of hydrogen-bond donors (Lipinski definition) is 3. The van der Waals surface area contributed by atoms with E-state index in [0.29, 0.717) is 68.9 Å². The zero-order chi connectivity index (χ0) is 21.8. The number of hydrogen-bond acceptors (Lipinski definition) is 5. The van der Waals surface area contributed by atoms with E-state index in [1.54, 1.807) is 9.80 Å². The van der Waals surface area contributed by atoms with Gasteiger partial charge in [0, 0.05) is 38.3 Å². The van der Waals surface area contributed by atoms with Crippen molar-refractivity contribution < 1.29 is 14.0 Å². The summed E-state index contributed by atoms with van der Waals surface area (Å²) in [5.41, 5.74) is 12.4.